The van der Waals surface area contributed by atoms with Crippen LogP contribution in [0.5, 0.6) is 0 Å². The molecule has 0 spiro atoms. The fraction of sp³-hybridized carbons (Fsp3) is 0.111. The molecule has 3 aromatic rings. The van der Waals surface area contributed by atoms with E-state index in [2.05, 4.69) is 15.7 Å². The number of nitrogens with zero attached hydrogens (tertiary/aromatic N) is 2. The number of amides is 2. The van der Waals surface area contributed by atoms with E-state index in [1.165, 1.54) is 6.07 Å². The molecular formula is C18H15ClF2N4O. The number of aromatic nitrogens is 2. The smallest absolute Gasteiger partial charge is 0.319 e. The van der Waals surface area contributed by atoms with Crippen molar-refractivity contribution < 1.29 is 13.6 Å². The van der Waals surface area contributed by atoms with Crippen molar-refractivity contribution in [2.45, 2.75) is 13.0 Å². The van der Waals surface area contributed by atoms with E-state index in [9.17, 15) is 13.6 Å². The van der Waals surface area contributed by atoms with E-state index >= 15 is 0 Å². The molecule has 1 atom stereocenters. The first-order chi connectivity index (χ1) is 12.4. The van der Waals surface area contributed by atoms with Gasteiger partial charge in [-0.15, -0.1) is 0 Å². The fourth-order valence-electron chi connectivity index (χ4n) is 2.41. The van der Waals surface area contributed by atoms with Crippen LogP contribution in [0, 0.1) is 11.6 Å². The molecule has 1 unspecified atom stereocenters. The Morgan fingerprint density at radius 2 is 2.00 bits per heavy atom. The SMILES string of the molecule is CC(NC(=O)Nc1ccc(-n2cccn2)c(Cl)c1)c1ccc(F)c(F)c1. The van der Waals surface area contributed by atoms with E-state index in [4.69, 9.17) is 11.6 Å². The zero-order valence-corrected chi connectivity index (χ0v) is 14.5. The summed E-state index contributed by atoms with van der Waals surface area (Å²) in [6.07, 6.45) is 3.39. The Kier molecular flexibility index (Phi) is 5.18. The summed E-state index contributed by atoms with van der Waals surface area (Å²) < 4.78 is 27.9. The molecule has 134 valence electrons. The molecule has 2 N–H and O–H groups in total. The molecule has 0 saturated carbocycles. The lowest BCUT2D eigenvalue weighted by atomic mass is 10.1. The standard InChI is InChI=1S/C18H15ClF2N4O/c1-11(12-3-5-15(20)16(21)9-12)23-18(26)24-13-4-6-17(14(19)10-13)25-8-2-7-22-25/h2-11H,1H3,(H2,23,24,26). The first-order valence-electron chi connectivity index (χ1n) is 7.76. The molecule has 2 amide bonds. The van der Waals surface area contributed by atoms with Gasteiger partial charge in [-0.05, 0) is 48.9 Å². The molecule has 0 bridgehead atoms. The highest BCUT2D eigenvalue weighted by atomic mass is 35.5. The summed E-state index contributed by atoms with van der Waals surface area (Å²) in [6.45, 7) is 1.67. The van der Waals surface area contributed by atoms with E-state index in [0.29, 0.717) is 22.0 Å². The van der Waals surface area contributed by atoms with Gasteiger partial charge in [0.25, 0.3) is 0 Å². The predicted molar refractivity (Wildman–Crippen MR) is 95.5 cm³/mol. The van der Waals surface area contributed by atoms with Crippen LogP contribution in [0.15, 0.2) is 54.9 Å². The minimum absolute atomic E-state index is 0.417. The van der Waals surface area contributed by atoms with Gasteiger partial charge < -0.3 is 10.6 Å². The number of nitrogens with one attached hydrogen (secondary N) is 2. The van der Waals surface area contributed by atoms with Crippen LogP contribution >= 0.6 is 11.6 Å². The number of hydrogen-bond acceptors (Lipinski definition) is 2. The maximum absolute atomic E-state index is 13.3. The van der Waals surface area contributed by atoms with Gasteiger partial charge in [-0.3, -0.25) is 0 Å². The van der Waals surface area contributed by atoms with Crippen molar-refractivity contribution in [1.82, 2.24) is 15.1 Å². The van der Waals surface area contributed by atoms with E-state index in [-0.39, 0.29) is 0 Å². The number of hydrogen-bond donors (Lipinski definition) is 2. The average molecular weight is 377 g/mol. The average Bonchev–Trinajstić information content (AvgIpc) is 3.11. The molecule has 1 aromatic heterocycles. The van der Waals surface area contributed by atoms with Gasteiger partial charge in [-0.25, -0.2) is 18.3 Å². The van der Waals surface area contributed by atoms with Gasteiger partial charge in [-0.1, -0.05) is 17.7 Å². The summed E-state index contributed by atoms with van der Waals surface area (Å²) in [7, 11) is 0. The molecule has 8 heteroatoms. The van der Waals surface area contributed by atoms with Crippen LogP contribution in [0.3, 0.4) is 0 Å². The summed E-state index contributed by atoms with van der Waals surface area (Å²) in [6, 6.07) is 9.27. The molecule has 3 rings (SSSR count). The Morgan fingerprint density at radius 1 is 1.19 bits per heavy atom. The van der Waals surface area contributed by atoms with Gasteiger partial charge in [0.2, 0.25) is 0 Å². The summed E-state index contributed by atoms with van der Waals surface area (Å²) >= 11 is 6.23. The second-order valence-electron chi connectivity index (χ2n) is 5.61. The predicted octanol–water partition coefficient (Wildman–Crippen LogP) is 4.69. The maximum Gasteiger partial charge on any atom is 0.319 e. The monoisotopic (exact) mass is 376 g/mol. The molecule has 2 aromatic carbocycles. The van der Waals surface area contributed by atoms with Gasteiger partial charge in [-0.2, -0.15) is 5.10 Å². The minimum Gasteiger partial charge on any atom is -0.331 e. The van der Waals surface area contributed by atoms with Crippen LogP contribution in [-0.2, 0) is 0 Å². The van der Waals surface area contributed by atoms with Crippen molar-refractivity contribution in [2.24, 2.45) is 0 Å². The number of carbonyl (C=O) groups excluding carboxylic acids is 1. The fourth-order valence-corrected chi connectivity index (χ4v) is 2.68. The topological polar surface area (TPSA) is 59.0 Å². The van der Waals surface area contributed by atoms with E-state index < -0.39 is 23.7 Å². The molecular weight excluding hydrogens is 362 g/mol. The second kappa shape index (κ2) is 7.53. The van der Waals surface area contributed by atoms with E-state index in [0.717, 1.165) is 12.1 Å². The van der Waals surface area contributed by atoms with Gasteiger partial charge in [0.15, 0.2) is 11.6 Å². The Balaban J connectivity index is 1.66. The van der Waals surface area contributed by atoms with Crippen LogP contribution in [-0.4, -0.2) is 15.8 Å². The number of rotatable bonds is 4. The second-order valence-corrected chi connectivity index (χ2v) is 6.02. The molecule has 0 aliphatic rings. The van der Waals surface area contributed by atoms with Crippen LogP contribution in [0.25, 0.3) is 5.69 Å². The van der Waals surface area contributed by atoms with Crippen LogP contribution < -0.4 is 10.6 Å². The Bertz CT molecular complexity index is 931. The lowest BCUT2D eigenvalue weighted by Crippen LogP contribution is -2.31. The lowest BCUT2D eigenvalue weighted by molar-refractivity contribution is 0.249. The summed E-state index contributed by atoms with van der Waals surface area (Å²) in [5.74, 6) is -1.89. The first-order valence-corrected chi connectivity index (χ1v) is 8.14. The van der Waals surface area contributed by atoms with Crippen LogP contribution in [0.4, 0.5) is 19.3 Å². The molecule has 0 radical (unpaired) electrons. The third-order valence-corrected chi connectivity index (χ3v) is 4.05. The quantitative estimate of drug-likeness (QED) is 0.694. The molecule has 0 fully saturated rings. The van der Waals surface area contributed by atoms with Crippen molar-refractivity contribution in [1.29, 1.82) is 0 Å². The highest BCUT2D eigenvalue weighted by Gasteiger charge is 2.13. The lowest BCUT2D eigenvalue weighted by Gasteiger charge is -2.16. The van der Waals surface area contributed by atoms with Gasteiger partial charge in [0.1, 0.15) is 0 Å². The van der Waals surface area contributed by atoms with E-state index in [1.807, 2.05) is 0 Å². The third-order valence-electron chi connectivity index (χ3n) is 3.75. The maximum atomic E-state index is 13.3. The number of urea groups is 1. The van der Waals surface area contributed by atoms with Gasteiger partial charge in [0.05, 0.1) is 16.8 Å². The Morgan fingerprint density at radius 3 is 2.65 bits per heavy atom. The van der Waals surface area contributed by atoms with Crippen molar-refractivity contribution in [3.63, 3.8) is 0 Å². The molecule has 1 heterocycles. The number of halogens is 3. The number of anilines is 1. The van der Waals surface area contributed by atoms with Crippen molar-refractivity contribution in [3.8, 4) is 5.69 Å². The zero-order chi connectivity index (χ0) is 18.7. The number of benzene rings is 2. The van der Waals surface area contributed by atoms with Crippen molar-refractivity contribution >= 4 is 23.3 Å². The van der Waals surface area contributed by atoms with E-state index in [1.54, 1.807) is 48.3 Å². The summed E-state index contributed by atoms with van der Waals surface area (Å²) in [5.41, 5.74) is 1.62. The Hall–Kier alpha value is -2.93. The van der Waals surface area contributed by atoms with Crippen LogP contribution in [0.1, 0.15) is 18.5 Å². The Labute approximate surface area is 153 Å². The third kappa shape index (κ3) is 4.00. The van der Waals surface area contributed by atoms with Crippen molar-refractivity contribution in [3.05, 3.63) is 77.1 Å². The molecule has 0 saturated heterocycles. The zero-order valence-electron chi connectivity index (χ0n) is 13.7. The van der Waals surface area contributed by atoms with Gasteiger partial charge in [0, 0.05) is 18.1 Å². The molecule has 0 aliphatic carbocycles. The highest BCUT2D eigenvalue weighted by molar-refractivity contribution is 6.32. The number of carbonyl (C=O) groups is 1. The highest BCUT2D eigenvalue weighted by Crippen LogP contribution is 2.24. The van der Waals surface area contributed by atoms with Gasteiger partial charge >= 0.3 is 6.03 Å². The largest absolute Gasteiger partial charge is 0.331 e. The summed E-state index contributed by atoms with van der Waals surface area (Å²) in [5, 5.41) is 9.82. The van der Waals surface area contributed by atoms with Crippen LogP contribution in [0.2, 0.25) is 5.02 Å². The molecule has 5 nitrogen and oxygen atoms in total. The molecule has 26 heavy (non-hydrogen) atoms. The normalized spacial score (nSPS) is 11.8. The molecule has 0 aliphatic heterocycles. The summed E-state index contributed by atoms with van der Waals surface area (Å²) in [4.78, 5) is 12.1. The van der Waals surface area contributed by atoms with Crippen molar-refractivity contribution in [2.75, 3.05) is 5.32 Å². The first kappa shape index (κ1) is 17.9. The minimum atomic E-state index is -0.961.